The van der Waals surface area contributed by atoms with Crippen molar-refractivity contribution in [2.24, 2.45) is 5.92 Å². The molecule has 0 radical (unpaired) electrons. The molecule has 1 aromatic rings. The van der Waals surface area contributed by atoms with Gasteiger partial charge in [-0.15, -0.1) is 11.3 Å². The third-order valence-corrected chi connectivity index (χ3v) is 7.07. The summed E-state index contributed by atoms with van der Waals surface area (Å²) in [5.41, 5.74) is 0. The second-order valence-corrected chi connectivity index (χ2v) is 8.65. The Bertz CT molecular complexity index is 586. The summed E-state index contributed by atoms with van der Waals surface area (Å²) in [4.78, 5) is 11.2. The standard InChI is InChI=1S/C14H21NO4S2/c1-2-10-3-5-11(6-4-10)15-21(18,19)14-8-7-12(20-14)9-13(16)17/h7-8,10-11,15H,2-6,9H2,1H3,(H,16,17). The number of aliphatic carboxylic acids is 1. The number of sulfonamides is 1. The van der Waals surface area contributed by atoms with Crippen molar-refractivity contribution in [2.45, 2.75) is 55.7 Å². The first-order chi connectivity index (χ1) is 9.90. The molecule has 118 valence electrons. The van der Waals surface area contributed by atoms with E-state index >= 15 is 0 Å². The highest BCUT2D eigenvalue weighted by Gasteiger charge is 2.26. The molecule has 0 atom stereocenters. The average molecular weight is 331 g/mol. The maximum atomic E-state index is 12.3. The lowest BCUT2D eigenvalue weighted by Gasteiger charge is -2.27. The third kappa shape index (κ3) is 4.52. The SMILES string of the molecule is CCC1CCC(NS(=O)(=O)c2ccc(CC(=O)O)s2)CC1. The van der Waals surface area contributed by atoms with Gasteiger partial charge in [0.1, 0.15) is 4.21 Å². The molecule has 1 fully saturated rings. The lowest BCUT2D eigenvalue weighted by atomic mass is 9.85. The van der Waals surface area contributed by atoms with Crippen LogP contribution in [-0.4, -0.2) is 25.5 Å². The highest BCUT2D eigenvalue weighted by atomic mass is 32.2. The monoisotopic (exact) mass is 331 g/mol. The largest absolute Gasteiger partial charge is 0.481 e. The first-order valence-corrected chi connectivity index (χ1v) is 9.53. The van der Waals surface area contributed by atoms with E-state index in [2.05, 4.69) is 11.6 Å². The van der Waals surface area contributed by atoms with E-state index in [-0.39, 0.29) is 16.7 Å². The fourth-order valence-electron chi connectivity index (χ4n) is 2.71. The molecule has 0 aromatic carbocycles. The molecular weight excluding hydrogens is 310 g/mol. The maximum absolute atomic E-state index is 12.3. The van der Waals surface area contributed by atoms with Crippen LogP contribution in [0.5, 0.6) is 0 Å². The molecule has 1 aromatic heterocycles. The molecule has 0 saturated heterocycles. The van der Waals surface area contributed by atoms with Crippen LogP contribution in [0.2, 0.25) is 0 Å². The Morgan fingerprint density at radius 3 is 2.57 bits per heavy atom. The molecule has 1 aliphatic carbocycles. The van der Waals surface area contributed by atoms with E-state index in [1.54, 1.807) is 6.07 Å². The van der Waals surface area contributed by atoms with Crippen molar-refractivity contribution in [1.29, 1.82) is 0 Å². The second kappa shape index (κ2) is 6.89. The quantitative estimate of drug-likeness (QED) is 0.839. The molecule has 2 rings (SSSR count). The fraction of sp³-hybridized carbons (Fsp3) is 0.643. The van der Waals surface area contributed by atoms with Gasteiger partial charge >= 0.3 is 5.97 Å². The molecule has 0 unspecified atom stereocenters. The van der Waals surface area contributed by atoms with Gasteiger partial charge in [0.05, 0.1) is 6.42 Å². The first kappa shape index (κ1) is 16.5. The Morgan fingerprint density at radius 2 is 2.00 bits per heavy atom. The van der Waals surface area contributed by atoms with Crippen molar-refractivity contribution in [3.05, 3.63) is 17.0 Å². The van der Waals surface area contributed by atoms with Gasteiger partial charge in [-0.25, -0.2) is 13.1 Å². The number of nitrogens with one attached hydrogen (secondary N) is 1. The van der Waals surface area contributed by atoms with Gasteiger partial charge in [0.2, 0.25) is 10.0 Å². The zero-order valence-electron chi connectivity index (χ0n) is 12.0. The molecule has 2 N–H and O–H groups in total. The van der Waals surface area contributed by atoms with Crippen molar-refractivity contribution < 1.29 is 18.3 Å². The number of carboxylic acid groups (broad SMARTS) is 1. The predicted molar refractivity (Wildman–Crippen MR) is 82.0 cm³/mol. The van der Waals surface area contributed by atoms with Crippen LogP contribution < -0.4 is 4.72 Å². The van der Waals surface area contributed by atoms with Crippen molar-refractivity contribution in [3.63, 3.8) is 0 Å². The number of rotatable bonds is 6. The van der Waals surface area contributed by atoms with Gasteiger partial charge in [0.15, 0.2) is 0 Å². The number of hydrogen-bond acceptors (Lipinski definition) is 4. The number of thiophene rings is 1. The molecule has 0 aliphatic heterocycles. The van der Waals surface area contributed by atoms with Crippen LogP contribution in [0.1, 0.15) is 43.9 Å². The van der Waals surface area contributed by atoms with Crippen molar-refractivity contribution in [3.8, 4) is 0 Å². The van der Waals surface area contributed by atoms with Crippen LogP contribution in [0.4, 0.5) is 0 Å². The average Bonchev–Trinajstić information content (AvgIpc) is 2.88. The normalized spacial score (nSPS) is 23.1. The van der Waals surface area contributed by atoms with Crippen molar-refractivity contribution in [2.75, 3.05) is 0 Å². The van der Waals surface area contributed by atoms with Crippen LogP contribution in [0.3, 0.4) is 0 Å². The summed E-state index contributed by atoms with van der Waals surface area (Å²) in [5.74, 6) is -0.235. The van der Waals surface area contributed by atoms with E-state index in [1.807, 2.05) is 0 Å². The van der Waals surface area contributed by atoms with Gasteiger partial charge in [-0.05, 0) is 43.7 Å². The Labute approximate surface area is 129 Å². The van der Waals surface area contributed by atoms with Gasteiger partial charge in [0, 0.05) is 10.9 Å². The highest BCUT2D eigenvalue weighted by molar-refractivity contribution is 7.91. The zero-order chi connectivity index (χ0) is 15.5. The third-order valence-electron chi connectivity index (χ3n) is 3.97. The van der Waals surface area contributed by atoms with E-state index < -0.39 is 16.0 Å². The Morgan fingerprint density at radius 1 is 1.33 bits per heavy atom. The topological polar surface area (TPSA) is 83.5 Å². The van der Waals surface area contributed by atoms with E-state index in [0.29, 0.717) is 4.88 Å². The van der Waals surface area contributed by atoms with Crippen LogP contribution in [0, 0.1) is 5.92 Å². The Kier molecular flexibility index (Phi) is 5.40. The van der Waals surface area contributed by atoms with Crippen molar-refractivity contribution >= 4 is 27.3 Å². The minimum absolute atomic E-state index is 0.00261. The molecular formula is C14H21NO4S2. The van der Waals surface area contributed by atoms with Crippen LogP contribution in [-0.2, 0) is 21.2 Å². The van der Waals surface area contributed by atoms with Gasteiger partial charge in [-0.3, -0.25) is 4.79 Å². The number of carbonyl (C=O) groups is 1. The van der Waals surface area contributed by atoms with Crippen LogP contribution in [0.15, 0.2) is 16.3 Å². The van der Waals surface area contributed by atoms with Gasteiger partial charge < -0.3 is 5.11 Å². The van der Waals surface area contributed by atoms with Crippen LogP contribution in [0.25, 0.3) is 0 Å². The van der Waals surface area contributed by atoms with E-state index in [4.69, 9.17) is 5.11 Å². The number of carboxylic acids is 1. The maximum Gasteiger partial charge on any atom is 0.308 e. The molecule has 0 bridgehead atoms. The fourth-order valence-corrected chi connectivity index (χ4v) is 5.38. The number of hydrogen-bond donors (Lipinski definition) is 2. The molecule has 21 heavy (non-hydrogen) atoms. The summed E-state index contributed by atoms with van der Waals surface area (Å²) in [5, 5.41) is 8.73. The predicted octanol–water partition coefficient (Wildman–Crippen LogP) is 2.62. The Balaban J connectivity index is 1.98. The summed E-state index contributed by atoms with van der Waals surface area (Å²) in [6.45, 7) is 2.17. The molecule has 1 saturated carbocycles. The van der Waals surface area contributed by atoms with Crippen LogP contribution >= 0.6 is 11.3 Å². The smallest absolute Gasteiger partial charge is 0.308 e. The van der Waals surface area contributed by atoms with Gasteiger partial charge in [0.25, 0.3) is 0 Å². The molecule has 1 heterocycles. The minimum atomic E-state index is -3.52. The minimum Gasteiger partial charge on any atom is -0.481 e. The van der Waals surface area contributed by atoms with Gasteiger partial charge in [-0.2, -0.15) is 0 Å². The summed E-state index contributed by atoms with van der Waals surface area (Å²) < 4.78 is 27.6. The molecule has 0 spiro atoms. The van der Waals surface area contributed by atoms with E-state index in [1.165, 1.54) is 6.07 Å². The zero-order valence-corrected chi connectivity index (χ0v) is 13.7. The Hall–Kier alpha value is -0.920. The summed E-state index contributed by atoms with van der Waals surface area (Å²) in [7, 11) is -3.52. The van der Waals surface area contributed by atoms with Gasteiger partial charge in [-0.1, -0.05) is 13.3 Å². The van der Waals surface area contributed by atoms with E-state index in [9.17, 15) is 13.2 Å². The second-order valence-electron chi connectivity index (χ2n) is 5.54. The van der Waals surface area contributed by atoms with Crippen molar-refractivity contribution in [1.82, 2.24) is 4.72 Å². The molecule has 5 nitrogen and oxygen atoms in total. The lowest BCUT2D eigenvalue weighted by Crippen LogP contribution is -2.37. The summed E-state index contributed by atoms with van der Waals surface area (Å²) in [6, 6.07) is 3.06. The first-order valence-electron chi connectivity index (χ1n) is 7.23. The molecule has 0 amide bonds. The molecule has 7 heteroatoms. The highest BCUT2D eigenvalue weighted by Crippen LogP contribution is 2.28. The summed E-state index contributed by atoms with van der Waals surface area (Å²) >= 11 is 1.03. The molecule has 1 aliphatic rings. The lowest BCUT2D eigenvalue weighted by molar-refractivity contribution is -0.136. The summed E-state index contributed by atoms with van der Waals surface area (Å²) in [6.07, 6.45) is 4.91. The van der Waals surface area contributed by atoms with E-state index in [0.717, 1.165) is 49.4 Å².